The minimum atomic E-state index is -0.184. The molecule has 3 aromatic rings. The number of fused-ring (bicyclic) bond motifs is 1. The lowest BCUT2D eigenvalue weighted by Gasteiger charge is -2.45. The Morgan fingerprint density at radius 3 is 2.42 bits per heavy atom. The van der Waals surface area contributed by atoms with Crippen LogP contribution in [-0.4, -0.2) is 49.6 Å². The highest BCUT2D eigenvalue weighted by molar-refractivity contribution is 6.30. The van der Waals surface area contributed by atoms with E-state index in [4.69, 9.17) is 11.6 Å². The van der Waals surface area contributed by atoms with Crippen LogP contribution in [0.25, 0.3) is 0 Å². The fraction of sp³-hybridized carbons (Fsp3) is 0.296. The van der Waals surface area contributed by atoms with Gasteiger partial charge in [-0.15, -0.1) is 0 Å². The van der Waals surface area contributed by atoms with Crippen molar-refractivity contribution in [1.82, 2.24) is 10.2 Å². The van der Waals surface area contributed by atoms with Crippen molar-refractivity contribution in [3.05, 3.63) is 95.0 Å². The summed E-state index contributed by atoms with van der Waals surface area (Å²) in [5.74, 6) is -0.0157. The molecule has 1 amide bonds. The van der Waals surface area contributed by atoms with Gasteiger partial charge in [0, 0.05) is 49.5 Å². The van der Waals surface area contributed by atoms with Crippen LogP contribution in [0.1, 0.15) is 29.0 Å². The number of amides is 1. The Morgan fingerprint density at radius 2 is 1.67 bits per heavy atom. The van der Waals surface area contributed by atoms with Gasteiger partial charge in [0.05, 0.1) is 11.3 Å². The van der Waals surface area contributed by atoms with Crippen LogP contribution in [-0.2, 0) is 0 Å². The average molecular weight is 461 g/mol. The second-order valence-corrected chi connectivity index (χ2v) is 9.26. The fourth-order valence-corrected chi connectivity index (χ4v) is 5.18. The molecule has 33 heavy (non-hydrogen) atoms. The number of rotatable bonds is 5. The predicted molar refractivity (Wildman–Crippen MR) is 135 cm³/mol. The molecule has 0 bridgehead atoms. The summed E-state index contributed by atoms with van der Waals surface area (Å²) < 4.78 is 0. The second-order valence-electron chi connectivity index (χ2n) is 8.83. The van der Waals surface area contributed by atoms with Crippen LogP contribution in [0.4, 0.5) is 11.4 Å². The first-order valence-electron chi connectivity index (χ1n) is 11.6. The molecule has 1 fully saturated rings. The Hall–Kier alpha value is -3.02. The van der Waals surface area contributed by atoms with Crippen molar-refractivity contribution < 1.29 is 4.79 Å². The van der Waals surface area contributed by atoms with Crippen LogP contribution in [0, 0.1) is 0 Å². The number of para-hydroxylation sites is 1. The number of hydrogen-bond donors (Lipinski definition) is 1. The molecule has 0 saturated carbocycles. The van der Waals surface area contributed by atoms with E-state index in [2.05, 4.69) is 51.2 Å². The van der Waals surface area contributed by atoms with E-state index in [-0.39, 0.29) is 18.1 Å². The highest BCUT2D eigenvalue weighted by atomic mass is 35.5. The molecular formula is C27H29ClN4O. The molecule has 0 aromatic heterocycles. The number of carbonyl (C=O) groups is 1. The van der Waals surface area contributed by atoms with Gasteiger partial charge in [0.15, 0.2) is 0 Å². The molecule has 2 aliphatic rings. The fourth-order valence-electron chi connectivity index (χ4n) is 5.00. The van der Waals surface area contributed by atoms with Crippen molar-refractivity contribution in [3.8, 4) is 0 Å². The summed E-state index contributed by atoms with van der Waals surface area (Å²) in [4.78, 5) is 20.1. The summed E-state index contributed by atoms with van der Waals surface area (Å²) in [6.45, 7) is 7.12. The lowest BCUT2D eigenvalue weighted by atomic mass is 10.0. The Labute approximate surface area is 200 Å². The van der Waals surface area contributed by atoms with E-state index >= 15 is 0 Å². The molecule has 1 N–H and O–H groups in total. The van der Waals surface area contributed by atoms with Crippen LogP contribution < -0.4 is 15.1 Å². The number of anilines is 2. The van der Waals surface area contributed by atoms with Gasteiger partial charge >= 0.3 is 0 Å². The Kier molecular flexibility index (Phi) is 6.25. The van der Waals surface area contributed by atoms with E-state index < -0.39 is 0 Å². The van der Waals surface area contributed by atoms with Crippen molar-refractivity contribution in [3.63, 3.8) is 0 Å². The maximum Gasteiger partial charge on any atom is 0.255 e. The van der Waals surface area contributed by atoms with Crippen LogP contribution in [0.5, 0.6) is 0 Å². The van der Waals surface area contributed by atoms with Gasteiger partial charge in [0.2, 0.25) is 0 Å². The quantitative estimate of drug-likeness (QED) is 0.593. The largest absolute Gasteiger partial charge is 0.369 e. The van der Waals surface area contributed by atoms with Gasteiger partial charge in [-0.2, -0.15) is 0 Å². The summed E-state index contributed by atoms with van der Waals surface area (Å²) in [5.41, 5.74) is 4.02. The van der Waals surface area contributed by atoms with Crippen molar-refractivity contribution in [2.75, 3.05) is 42.5 Å². The molecule has 0 aliphatic carbocycles. The Bertz CT molecular complexity index is 1110. The molecule has 6 heteroatoms. The molecule has 170 valence electrons. The van der Waals surface area contributed by atoms with Gasteiger partial charge in [-0.1, -0.05) is 60.1 Å². The van der Waals surface area contributed by atoms with Gasteiger partial charge in [-0.25, -0.2) is 0 Å². The second kappa shape index (κ2) is 9.46. The highest BCUT2D eigenvalue weighted by Crippen LogP contribution is 2.35. The SMILES string of the molecule is CC(CN1CCN(c2cccc(Cl)c2)CC1)N1c2ccccc2C(=O)NC1c1ccccc1. The maximum absolute atomic E-state index is 12.9. The summed E-state index contributed by atoms with van der Waals surface area (Å²) in [6.07, 6.45) is -0.184. The summed E-state index contributed by atoms with van der Waals surface area (Å²) in [5, 5.41) is 4.02. The lowest BCUT2D eigenvalue weighted by molar-refractivity contribution is 0.0922. The van der Waals surface area contributed by atoms with E-state index in [9.17, 15) is 4.79 Å². The number of piperazine rings is 1. The molecule has 3 aromatic carbocycles. The lowest BCUT2D eigenvalue weighted by Crippen LogP contribution is -2.55. The number of hydrogen-bond acceptors (Lipinski definition) is 4. The van der Waals surface area contributed by atoms with E-state index in [0.29, 0.717) is 0 Å². The molecule has 2 unspecified atom stereocenters. The average Bonchev–Trinajstić information content (AvgIpc) is 2.85. The van der Waals surface area contributed by atoms with E-state index in [1.165, 1.54) is 5.69 Å². The van der Waals surface area contributed by atoms with Crippen molar-refractivity contribution in [1.29, 1.82) is 0 Å². The first-order chi connectivity index (χ1) is 16.1. The number of nitrogens with one attached hydrogen (secondary N) is 1. The predicted octanol–water partition coefficient (Wildman–Crippen LogP) is 4.80. The molecule has 2 atom stereocenters. The Morgan fingerprint density at radius 1 is 0.939 bits per heavy atom. The van der Waals surface area contributed by atoms with Crippen molar-refractivity contribution in [2.24, 2.45) is 0 Å². The van der Waals surface area contributed by atoms with Gasteiger partial charge < -0.3 is 15.1 Å². The monoisotopic (exact) mass is 460 g/mol. The first kappa shape index (κ1) is 21.8. The highest BCUT2D eigenvalue weighted by Gasteiger charge is 2.35. The summed E-state index contributed by atoms with van der Waals surface area (Å²) in [7, 11) is 0. The normalized spacial score (nSPS) is 19.7. The van der Waals surface area contributed by atoms with Crippen molar-refractivity contribution in [2.45, 2.75) is 19.1 Å². The van der Waals surface area contributed by atoms with E-state index in [0.717, 1.165) is 54.6 Å². The minimum Gasteiger partial charge on any atom is -0.369 e. The number of halogens is 1. The number of benzene rings is 3. The summed E-state index contributed by atoms with van der Waals surface area (Å²) >= 11 is 6.19. The molecular weight excluding hydrogens is 432 g/mol. The van der Waals surface area contributed by atoms with E-state index in [1.54, 1.807) is 0 Å². The molecule has 1 saturated heterocycles. The van der Waals surface area contributed by atoms with E-state index in [1.807, 2.05) is 54.6 Å². The minimum absolute atomic E-state index is 0.0157. The molecule has 0 spiro atoms. The van der Waals surface area contributed by atoms with Gasteiger partial charge in [-0.3, -0.25) is 9.69 Å². The van der Waals surface area contributed by atoms with Crippen LogP contribution in [0.15, 0.2) is 78.9 Å². The Balaban J connectivity index is 1.33. The third kappa shape index (κ3) is 4.56. The first-order valence-corrected chi connectivity index (χ1v) is 11.9. The van der Waals surface area contributed by atoms with Gasteiger partial charge in [0.1, 0.15) is 6.17 Å². The standard InChI is InChI=1S/C27H29ClN4O/c1-20(19-30-14-16-31(17-15-30)23-11-7-10-22(28)18-23)32-25-13-6-5-12-24(25)27(33)29-26(32)21-8-3-2-4-9-21/h2-13,18,20,26H,14-17,19H2,1H3,(H,29,33). The molecule has 5 nitrogen and oxygen atoms in total. The topological polar surface area (TPSA) is 38.8 Å². The number of nitrogens with zero attached hydrogens (tertiary/aromatic N) is 3. The summed E-state index contributed by atoms with van der Waals surface area (Å²) in [6, 6.07) is 26.5. The zero-order chi connectivity index (χ0) is 22.8. The molecule has 2 heterocycles. The molecule has 5 rings (SSSR count). The molecule has 2 aliphatic heterocycles. The van der Waals surface area contributed by atoms with Crippen LogP contribution in [0.3, 0.4) is 0 Å². The zero-order valence-corrected chi connectivity index (χ0v) is 19.6. The number of carbonyl (C=O) groups excluding carboxylic acids is 1. The molecule has 0 radical (unpaired) electrons. The third-order valence-electron chi connectivity index (χ3n) is 6.63. The van der Waals surface area contributed by atoms with Gasteiger partial charge in [-0.05, 0) is 42.8 Å². The third-order valence-corrected chi connectivity index (χ3v) is 6.87. The van der Waals surface area contributed by atoms with Gasteiger partial charge in [0.25, 0.3) is 5.91 Å². The zero-order valence-electron chi connectivity index (χ0n) is 18.8. The smallest absolute Gasteiger partial charge is 0.255 e. The van der Waals surface area contributed by atoms with Crippen molar-refractivity contribution >= 4 is 28.9 Å². The van der Waals surface area contributed by atoms with Crippen LogP contribution in [0.2, 0.25) is 5.02 Å². The maximum atomic E-state index is 12.9. The van der Waals surface area contributed by atoms with Crippen LogP contribution >= 0.6 is 11.6 Å².